The van der Waals surface area contributed by atoms with E-state index in [1.807, 2.05) is 18.7 Å². The summed E-state index contributed by atoms with van der Waals surface area (Å²) >= 11 is 12.3. The summed E-state index contributed by atoms with van der Waals surface area (Å²) in [7, 11) is 0. The minimum Gasteiger partial charge on any atom is -0.482 e. The van der Waals surface area contributed by atoms with E-state index < -0.39 is 17.5 Å². The number of hydrogen-bond donors (Lipinski definition) is 2. The van der Waals surface area contributed by atoms with Crippen LogP contribution in [-0.2, 0) is 0 Å². The monoisotopic (exact) mass is 561 g/mol. The number of anilines is 1. The quantitative estimate of drug-likeness (QED) is 0.364. The molecule has 3 N–H and O–H groups in total. The van der Waals surface area contributed by atoms with Gasteiger partial charge in [0.2, 0.25) is 0 Å². The molecule has 0 saturated carbocycles. The topological polar surface area (TPSA) is 83.7 Å². The summed E-state index contributed by atoms with van der Waals surface area (Å²) in [5.41, 5.74) is 6.10. The molecule has 2 aliphatic heterocycles. The molecule has 0 radical (unpaired) electrons. The Balaban J connectivity index is 1.38. The molecule has 4 rings (SSSR count). The number of pyridine rings is 1. The first kappa shape index (κ1) is 28.3. The zero-order valence-corrected chi connectivity index (χ0v) is 23.5. The molecule has 0 aliphatic carbocycles. The van der Waals surface area contributed by atoms with Gasteiger partial charge in [0.05, 0.1) is 10.6 Å². The Labute approximate surface area is 233 Å². The molecule has 1 atom stereocenters. The molecule has 2 aromatic rings. The van der Waals surface area contributed by atoms with Gasteiger partial charge in [-0.25, -0.2) is 14.2 Å². The fourth-order valence-electron chi connectivity index (χ4n) is 4.93. The number of ether oxygens (including phenoxy) is 1. The van der Waals surface area contributed by atoms with Crippen molar-refractivity contribution in [3.63, 3.8) is 0 Å². The van der Waals surface area contributed by atoms with Crippen LogP contribution in [0, 0.1) is 17.7 Å². The summed E-state index contributed by atoms with van der Waals surface area (Å²) < 4.78 is 19.9. The van der Waals surface area contributed by atoms with Gasteiger partial charge in [-0.3, -0.25) is 0 Å². The Bertz CT molecular complexity index is 1230. The van der Waals surface area contributed by atoms with Crippen LogP contribution in [0.1, 0.15) is 63.7 Å². The second kappa shape index (κ2) is 12.0. The number of aromatic nitrogens is 1. The smallest absolute Gasteiger partial charge is 0.318 e. The lowest BCUT2D eigenvalue weighted by Gasteiger charge is -2.37. The number of nitrogen functional groups attached to an aromatic ring is 1. The van der Waals surface area contributed by atoms with E-state index in [4.69, 9.17) is 33.7 Å². The number of nitrogens with two attached hydrogens (primary N) is 1. The molecule has 1 aromatic heterocycles. The van der Waals surface area contributed by atoms with E-state index in [2.05, 4.69) is 27.0 Å². The van der Waals surface area contributed by atoms with Crippen molar-refractivity contribution in [1.29, 1.82) is 0 Å². The maximum absolute atomic E-state index is 14.0. The van der Waals surface area contributed by atoms with Crippen LogP contribution in [0.25, 0.3) is 0 Å². The standard InChI is InChI=1S/C28H34Cl2FN5O2/c1-18(24-21(29)6-7-22(31)25(24)30)38-23-16-19(17-33-26(23)32)8-11-28(2,3)34-27(37)36-14-9-20(10-15-36)35-12-4-5-13-35/h6-7,16-18,20H,4-5,9-10,12-15H2,1-3H3,(H2,32,33)(H,34,37). The van der Waals surface area contributed by atoms with E-state index in [1.54, 1.807) is 13.0 Å². The van der Waals surface area contributed by atoms with Crippen LogP contribution in [0.4, 0.5) is 15.0 Å². The first-order valence-electron chi connectivity index (χ1n) is 12.9. The molecular formula is C28H34Cl2FN5O2. The van der Waals surface area contributed by atoms with Gasteiger partial charge in [-0.2, -0.15) is 0 Å². The average Bonchev–Trinajstić information content (AvgIpc) is 3.42. The highest BCUT2D eigenvalue weighted by Crippen LogP contribution is 2.36. The molecule has 3 heterocycles. The average molecular weight is 563 g/mol. The van der Waals surface area contributed by atoms with Gasteiger partial charge < -0.3 is 25.6 Å². The van der Waals surface area contributed by atoms with Crippen molar-refractivity contribution in [2.24, 2.45) is 0 Å². The number of nitrogens with zero attached hydrogens (tertiary/aromatic N) is 3. The predicted molar refractivity (Wildman–Crippen MR) is 149 cm³/mol. The van der Waals surface area contributed by atoms with Gasteiger partial charge >= 0.3 is 6.03 Å². The third-order valence-electron chi connectivity index (χ3n) is 7.02. The van der Waals surface area contributed by atoms with Gasteiger partial charge in [0.25, 0.3) is 0 Å². The fourth-order valence-corrected chi connectivity index (χ4v) is 5.61. The Morgan fingerprint density at radius 2 is 1.92 bits per heavy atom. The van der Waals surface area contributed by atoms with Crippen LogP contribution >= 0.6 is 23.2 Å². The molecule has 0 bridgehead atoms. The number of piperidine rings is 1. The number of benzene rings is 1. The second-order valence-electron chi connectivity index (χ2n) is 10.4. The third kappa shape index (κ3) is 6.82. The van der Waals surface area contributed by atoms with Crippen LogP contribution < -0.4 is 15.8 Å². The lowest BCUT2D eigenvalue weighted by atomic mass is 10.0. The first-order chi connectivity index (χ1) is 18.0. The fraction of sp³-hybridized carbons (Fsp3) is 0.500. The lowest BCUT2D eigenvalue weighted by molar-refractivity contribution is 0.131. The number of nitrogens with one attached hydrogen (secondary N) is 1. The summed E-state index contributed by atoms with van der Waals surface area (Å²) in [6, 6.07) is 4.74. The number of amides is 2. The Morgan fingerprint density at radius 3 is 2.61 bits per heavy atom. The zero-order valence-electron chi connectivity index (χ0n) is 22.0. The molecular weight excluding hydrogens is 528 g/mol. The minimum atomic E-state index is -0.777. The summed E-state index contributed by atoms with van der Waals surface area (Å²) in [6.07, 6.45) is 5.40. The molecule has 1 unspecified atom stereocenters. The SMILES string of the molecule is CC(Oc1cc(C#CC(C)(C)NC(=O)N2CCC(N3CCCC3)CC2)cnc1N)c1c(Cl)ccc(F)c1Cl. The summed E-state index contributed by atoms with van der Waals surface area (Å²) in [5.74, 6) is 5.99. The number of hydrogen-bond acceptors (Lipinski definition) is 5. The van der Waals surface area contributed by atoms with Crippen molar-refractivity contribution < 1.29 is 13.9 Å². The van der Waals surface area contributed by atoms with Gasteiger partial charge in [-0.15, -0.1) is 0 Å². The van der Waals surface area contributed by atoms with Crippen LogP contribution in [0.15, 0.2) is 24.4 Å². The Hall–Kier alpha value is -2.73. The van der Waals surface area contributed by atoms with Gasteiger partial charge in [0.1, 0.15) is 11.9 Å². The van der Waals surface area contributed by atoms with E-state index >= 15 is 0 Å². The largest absolute Gasteiger partial charge is 0.482 e. The molecule has 2 fully saturated rings. The van der Waals surface area contributed by atoms with Crippen LogP contribution in [-0.4, -0.2) is 58.6 Å². The van der Waals surface area contributed by atoms with Crippen molar-refractivity contribution in [3.05, 3.63) is 51.4 Å². The van der Waals surface area contributed by atoms with E-state index in [0.29, 0.717) is 17.2 Å². The first-order valence-corrected chi connectivity index (χ1v) is 13.7. The molecule has 0 spiro atoms. The number of likely N-dealkylation sites (tertiary alicyclic amines) is 2. The van der Waals surface area contributed by atoms with Gasteiger partial charge in [-0.1, -0.05) is 35.0 Å². The zero-order chi connectivity index (χ0) is 27.4. The molecule has 204 valence electrons. The maximum Gasteiger partial charge on any atom is 0.318 e. The molecule has 2 saturated heterocycles. The molecule has 1 aromatic carbocycles. The van der Waals surface area contributed by atoms with Gasteiger partial charge in [0, 0.05) is 47.5 Å². The van der Waals surface area contributed by atoms with Crippen molar-refractivity contribution in [2.75, 3.05) is 31.9 Å². The molecule has 7 nitrogen and oxygen atoms in total. The number of carbonyl (C=O) groups is 1. The number of carbonyl (C=O) groups excluding carboxylic acids is 1. The van der Waals surface area contributed by atoms with Gasteiger partial charge in [0.15, 0.2) is 11.6 Å². The summed E-state index contributed by atoms with van der Waals surface area (Å²) in [6.45, 7) is 9.25. The van der Waals surface area contributed by atoms with E-state index in [0.717, 1.165) is 25.9 Å². The van der Waals surface area contributed by atoms with Crippen molar-refractivity contribution >= 4 is 35.1 Å². The van der Waals surface area contributed by atoms with E-state index in [-0.39, 0.29) is 27.6 Å². The highest BCUT2D eigenvalue weighted by Gasteiger charge is 2.30. The lowest BCUT2D eigenvalue weighted by Crippen LogP contribution is -2.53. The van der Waals surface area contributed by atoms with Crippen molar-refractivity contribution in [3.8, 4) is 17.6 Å². The van der Waals surface area contributed by atoms with Crippen LogP contribution in [0.5, 0.6) is 5.75 Å². The predicted octanol–water partition coefficient (Wildman–Crippen LogP) is 5.65. The molecule has 10 heteroatoms. The number of rotatable bonds is 5. The number of halogens is 3. The highest BCUT2D eigenvalue weighted by atomic mass is 35.5. The van der Waals surface area contributed by atoms with E-state index in [9.17, 15) is 9.18 Å². The third-order valence-corrected chi connectivity index (χ3v) is 7.73. The Kier molecular flexibility index (Phi) is 8.92. The summed E-state index contributed by atoms with van der Waals surface area (Å²) in [4.78, 5) is 21.5. The van der Waals surface area contributed by atoms with Crippen LogP contribution in [0.2, 0.25) is 10.0 Å². The Morgan fingerprint density at radius 1 is 1.24 bits per heavy atom. The van der Waals surface area contributed by atoms with Crippen molar-refractivity contribution in [1.82, 2.24) is 20.1 Å². The normalized spacial score (nSPS) is 17.6. The maximum atomic E-state index is 14.0. The minimum absolute atomic E-state index is 0.106. The molecule has 38 heavy (non-hydrogen) atoms. The summed E-state index contributed by atoms with van der Waals surface area (Å²) in [5, 5.41) is 3.21. The molecule has 2 aliphatic rings. The van der Waals surface area contributed by atoms with Gasteiger partial charge in [-0.05, 0) is 71.7 Å². The highest BCUT2D eigenvalue weighted by molar-refractivity contribution is 6.36. The molecule has 2 amide bonds. The number of urea groups is 1. The van der Waals surface area contributed by atoms with E-state index in [1.165, 1.54) is 44.3 Å². The van der Waals surface area contributed by atoms with Crippen molar-refractivity contribution in [2.45, 2.75) is 64.1 Å². The van der Waals surface area contributed by atoms with Crippen LogP contribution in [0.3, 0.4) is 0 Å². The second-order valence-corrected chi connectivity index (χ2v) is 11.2.